The quantitative estimate of drug-likeness (QED) is 0.221. The molecule has 2 heterocycles. The predicted molar refractivity (Wildman–Crippen MR) is 154 cm³/mol. The number of esters is 1. The first-order valence-corrected chi connectivity index (χ1v) is 13.2. The number of anilines is 4. The Morgan fingerprint density at radius 2 is 1.17 bits per heavy atom. The highest BCUT2D eigenvalue weighted by Crippen LogP contribution is 2.57. The van der Waals surface area contributed by atoms with E-state index in [0.29, 0.717) is 28.2 Å². The van der Waals surface area contributed by atoms with Gasteiger partial charge in [-0.15, -0.1) is 0 Å². The Labute approximate surface area is 235 Å². The van der Waals surface area contributed by atoms with E-state index in [1.165, 1.54) is 24.3 Å². The largest absolute Gasteiger partial charge is 0.456 e. The number of halogens is 2. The smallest absolute Gasteiger partial charge is 0.340 e. The monoisotopic (exact) mass is 546 g/mol. The van der Waals surface area contributed by atoms with Crippen molar-refractivity contribution < 1.29 is 23.0 Å². The molecular weight excluding hydrogens is 522 g/mol. The molecule has 0 amide bonds. The molecule has 7 rings (SSSR count). The van der Waals surface area contributed by atoms with Crippen LogP contribution in [0.3, 0.4) is 0 Å². The van der Waals surface area contributed by atoms with Gasteiger partial charge in [0.25, 0.3) is 0 Å². The number of aryl methyl sites for hydroxylation is 2. The second-order valence-electron chi connectivity index (χ2n) is 10.3. The summed E-state index contributed by atoms with van der Waals surface area (Å²) < 4.78 is 40.1. The lowest BCUT2D eigenvalue weighted by atomic mass is 9.77. The van der Waals surface area contributed by atoms with E-state index in [0.717, 1.165) is 39.4 Å². The number of benzene rings is 5. The van der Waals surface area contributed by atoms with Gasteiger partial charge < -0.3 is 20.1 Å². The van der Waals surface area contributed by atoms with E-state index >= 15 is 0 Å². The molecule has 5 aromatic rings. The van der Waals surface area contributed by atoms with Crippen LogP contribution in [0.1, 0.15) is 38.2 Å². The number of carbonyl (C=O) groups is 1. The fourth-order valence-electron chi connectivity index (χ4n) is 5.68. The van der Waals surface area contributed by atoms with E-state index in [4.69, 9.17) is 9.47 Å². The highest BCUT2D eigenvalue weighted by Gasteiger charge is 2.53. The van der Waals surface area contributed by atoms with Crippen LogP contribution in [0.5, 0.6) is 11.5 Å². The molecule has 5 aromatic carbocycles. The summed E-state index contributed by atoms with van der Waals surface area (Å²) in [5.74, 6) is 0.0149. The molecule has 41 heavy (non-hydrogen) atoms. The van der Waals surface area contributed by atoms with Crippen LogP contribution in [0.2, 0.25) is 0 Å². The lowest BCUT2D eigenvalue weighted by Crippen LogP contribution is -2.33. The molecule has 2 aliphatic rings. The van der Waals surface area contributed by atoms with Crippen molar-refractivity contribution in [1.29, 1.82) is 0 Å². The van der Waals surface area contributed by atoms with E-state index in [2.05, 4.69) is 10.6 Å². The summed E-state index contributed by atoms with van der Waals surface area (Å²) >= 11 is 0. The predicted octanol–water partition coefficient (Wildman–Crippen LogP) is 8.64. The molecule has 202 valence electrons. The van der Waals surface area contributed by atoms with Crippen LogP contribution >= 0.6 is 0 Å². The molecule has 0 fully saturated rings. The highest BCUT2D eigenvalue weighted by molar-refractivity contribution is 5.97. The van der Waals surface area contributed by atoms with Gasteiger partial charge in [0.2, 0.25) is 0 Å². The SMILES string of the molecule is Cc1cc(F)ccc1Nc1ccc2c(c1)Oc1cc(Nc3ccc(F)cc3C)ccc1C21OC(=O)c2ccccc21. The topological polar surface area (TPSA) is 59.6 Å². The van der Waals surface area contributed by atoms with Crippen molar-refractivity contribution >= 4 is 28.7 Å². The van der Waals surface area contributed by atoms with E-state index in [1.54, 1.807) is 18.2 Å². The van der Waals surface area contributed by atoms with Crippen molar-refractivity contribution in [3.05, 3.63) is 142 Å². The van der Waals surface area contributed by atoms with Gasteiger partial charge in [-0.25, -0.2) is 13.6 Å². The zero-order chi connectivity index (χ0) is 28.3. The number of hydrogen-bond acceptors (Lipinski definition) is 5. The van der Waals surface area contributed by atoms with Gasteiger partial charge >= 0.3 is 5.97 Å². The standard InChI is InChI=1S/C34H24F2N2O3/c1-19-15-21(35)7-13-29(19)37-23-9-11-27-31(17-23)40-32-18-24(38-30-14-8-22(36)16-20(30)2)10-12-28(32)34(27)26-6-4-3-5-25(26)33(39)41-34/h3-18,37-38H,1-2H3. The van der Waals surface area contributed by atoms with Gasteiger partial charge in [-0.3, -0.25) is 0 Å². The van der Waals surface area contributed by atoms with E-state index in [1.807, 2.05) is 68.4 Å². The molecule has 0 bridgehead atoms. The molecule has 2 N–H and O–H groups in total. The number of fused-ring (bicyclic) bond motifs is 6. The molecule has 2 aliphatic heterocycles. The molecular formula is C34H24F2N2O3. The van der Waals surface area contributed by atoms with Crippen molar-refractivity contribution in [1.82, 2.24) is 0 Å². The first-order valence-electron chi connectivity index (χ1n) is 13.2. The average Bonchev–Trinajstić information content (AvgIpc) is 3.24. The van der Waals surface area contributed by atoms with Crippen LogP contribution in [0.25, 0.3) is 0 Å². The fraction of sp³-hybridized carbons (Fsp3) is 0.0882. The Morgan fingerprint density at radius 1 is 0.634 bits per heavy atom. The fourth-order valence-corrected chi connectivity index (χ4v) is 5.68. The summed E-state index contributed by atoms with van der Waals surface area (Å²) in [6.07, 6.45) is 0. The molecule has 0 saturated carbocycles. The zero-order valence-corrected chi connectivity index (χ0v) is 22.2. The minimum absolute atomic E-state index is 0.303. The number of nitrogens with one attached hydrogen (secondary N) is 2. The van der Waals surface area contributed by atoms with Gasteiger partial charge in [0.1, 0.15) is 23.1 Å². The zero-order valence-electron chi connectivity index (χ0n) is 22.2. The van der Waals surface area contributed by atoms with Gasteiger partial charge in [-0.05, 0) is 91.7 Å². The maximum Gasteiger partial charge on any atom is 0.340 e. The van der Waals surface area contributed by atoms with Crippen LogP contribution in [-0.2, 0) is 10.3 Å². The highest BCUT2D eigenvalue weighted by atomic mass is 19.1. The van der Waals surface area contributed by atoms with E-state index in [9.17, 15) is 13.6 Å². The van der Waals surface area contributed by atoms with Gasteiger partial charge in [0.05, 0.1) is 5.56 Å². The molecule has 0 saturated heterocycles. The van der Waals surface area contributed by atoms with Crippen molar-refractivity contribution in [3.63, 3.8) is 0 Å². The van der Waals surface area contributed by atoms with Crippen LogP contribution in [0, 0.1) is 25.5 Å². The number of hydrogen-bond donors (Lipinski definition) is 2. The number of carbonyl (C=O) groups excluding carboxylic acids is 1. The summed E-state index contributed by atoms with van der Waals surface area (Å²) in [5.41, 5.74) is 5.92. The molecule has 0 radical (unpaired) electrons. The van der Waals surface area contributed by atoms with Gasteiger partial charge in [-0.1, -0.05) is 18.2 Å². The second kappa shape index (κ2) is 9.20. The Bertz CT molecular complexity index is 1780. The number of ether oxygens (including phenoxy) is 2. The third-order valence-electron chi connectivity index (χ3n) is 7.65. The van der Waals surface area contributed by atoms with Crippen LogP contribution < -0.4 is 15.4 Å². The third-order valence-corrected chi connectivity index (χ3v) is 7.65. The maximum atomic E-state index is 13.7. The molecule has 0 atom stereocenters. The van der Waals surface area contributed by atoms with Gasteiger partial charge in [0.15, 0.2) is 5.60 Å². The van der Waals surface area contributed by atoms with Crippen molar-refractivity contribution in [2.75, 3.05) is 10.6 Å². The van der Waals surface area contributed by atoms with E-state index < -0.39 is 11.6 Å². The van der Waals surface area contributed by atoms with Crippen molar-refractivity contribution in [2.45, 2.75) is 19.4 Å². The molecule has 5 nitrogen and oxygen atoms in total. The van der Waals surface area contributed by atoms with Gasteiger partial charge in [0, 0.05) is 51.6 Å². The van der Waals surface area contributed by atoms with E-state index in [-0.39, 0.29) is 11.6 Å². The summed E-state index contributed by atoms with van der Waals surface area (Å²) in [6.45, 7) is 3.66. The maximum absolute atomic E-state index is 13.7. The third kappa shape index (κ3) is 4.00. The minimum atomic E-state index is -1.20. The lowest BCUT2D eigenvalue weighted by molar-refractivity contribution is 0.0224. The van der Waals surface area contributed by atoms with Crippen LogP contribution in [-0.4, -0.2) is 5.97 Å². The normalized spacial score (nSPS) is 14.0. The summed E-state index contributed by atoms with van der Waals surface area (Å²) in [6, 6.07) is 27.7. The van der Waals surface area contributed by atoms with Crippen LogP contribution in [0.15, 0.2) is 97.1 Å². The molecule has 1 spiro atoms. The first kappa shape index (κ1) is 24.8. The summed E-state index contributed by atoms with van der Waals surface area (Å²) in [4.78, 5) is 13.2. The molecule has 0 aliphatic carbocycles. The molecule has 0 aromatic heterocycles. The lowest BCUT2D eigenvalue weighted by Gasteiger charge is -2.37. The molecule has 7 heteroatoms. The van der Waals surface area contributed by atoms with Crippen LogP contribution in [0.4, 0.5) is 31.5 Å². The first-order chi connectivity index (χ1) is 19.8. The Kier molecular flexibility index (Phi) is 5.57. The molecule has 0 unspecified atom stereocenters. The minimum Gasteiger partial charge on any atom is -0.456 e. The van der Waals surface area contributed by atoms with Crippen molar-refractivity contribution in [3.8, 4) is 11.5 Å². The Balaban J connectivity index is 1.35. The summed E-state index contributed by atoms with van der Waals surface area (Å²) in [5, 5.41) is 6.68. The second-order valence-corrected chi connectivity index (χ2v) is 10.3. The Hall–Kier alpha value is -5.17. The average molecular weight is 547 g/mol. The Morgan fingerprint density at radius 3 is 1.71 bits per heavy atom. The van der Waals surface area contributed by atoms with Crippen molar-refractivity contribution in [2.24, 2.45) is 0 Å². The summed E-state index contributed by atoms with van der Waals surface area (Å²) in [7, 11) is 0. The van der Waals surface area contributed by atoms with Gasteiger partial charge in [-0.2, -0.15) is 0 Å². The number of rotatable bonds is 4.